The SMILES string of the molecule is Cc1ccccc1CN(O)[C@@]1(O)[C@H](O)[C@@H](CO)O[C@]1(O)n1cc(Cc2ccccc2F)c(=O)[nH]c1=O. The Morgan fingerprint density at radius 1 is 1.08 bits per heavy atom. The third-order valence-electron chi connectivity index (χ3n) is 6.40. The summed E-state index contributed by atoms with van der Waals surface area (Å²) >= 11 is 0. The Morgan fingerprint density at radius 2 is 1.72 bits per heavy atom. The molecule has 1 fully saturated rings. The van der Waals surface area contributed by atoms with Gasteiger partial charge in [-0.05, 0) is 29.7 Å². The van der Waals surface area contributed by atoms with E-state index in [4.69, 9.17) is 4.74 Å². The fraction of sp³-hybridized carbons (Fsp3) is 0.333. The molecule has 0 aliphatic carbocycles. The third-order valence-corrected chi connectivity index (χ3v) is 6.40. The van der Waals surface area contributed by atoms with Crippen LogP contribution in [0.4, 0.5) is 4.39 Å². The van der Waals surface area contributed by atoms with Crippen LogP contribution >= 0.6 is 0 Å². The second-order valence-electron chi connectivity index (χ2n) is 8.65. The minimum atomic E-state index is -3.19. The summed E-state index contributed by atoms with van der Waals surface area (Å²) in [6.45, 7) is 0.410. The van der Waals surface area contributed by atoms with Crippen LogP contribution in [-0.4, -0.2) is 64.8 Å². The van der Waals surface area contributed by atoms with Crippen molar-refractivity contribution >= 4 is 0 Å². The Hall–Kier alpha value is -3.23. The van der Waals surface area contributed by atoms with Crippen LogP contribution in [0, 0.1) is 12.7 Å². The molecule has 2 aromatic carbocycles. The van der Waals surface area contributed by atoms with Gasteiger partial charge in [0, 0.05) is 18.2 Å². The standard InChI is InChI=1S/C24H26FN3O8/c1-14-6-2-3-8-16(14)12-28(35)23(33)20(30)19(13-29)36-24(23,34)27-11-17(21(31)26-22(27)32)10-15-7-4-5-9-18(15)25/h2-9,11,19-20,29-30,33-35H,10,12-13H2,1H3,(H,26,31,32)/t19-,20-,23-,24+/m1/s1. The number of aromatic nitrogens is 2. The van der Waals surface area contributed by atoms with Gasteiger partial charge in [0.05, 0.1) is 13.2 Å². The third kappa shape index (κ3) is 4.18. The average molecular weight is 503 g/mol. The van der Waals surface area contributed by atoms with Crippen molar-refractivity contribution in [3.05, 3.63) is 104 Å². The number of H-pyrrole nitrogens is 1. The monoisotopic (exact) mass is 503 g/mol. The van der Waals surface area contributed by atoms with Gasteiger partial charge in [-0.15, -0.1) is 5.06 Å². The summed E-state index contributed by atoms with van der Waals surface area (Å²) in [5.41, 5.74) is -4.10. The molecule has 12 heteroatoms. The summed E-state index contributed by atoms with van der Waals surface area (Å²) in [6, 6.07) is 12.4. The fourth-order valence-corrected chi connectivity index (χ4v) is 4.28. The molecule has 0 saturated carbocycles. The maximum absolute atomic E-state index is 14.2. The van der Waals surface area contributed by atoms with Crippen LogP contribution in [0.25, 0.3) is 0 Å². The number of hydroxylamine groups is 2. The lowest BCUT2D eigenvalue weighted by Gasteiger charge is -2.42. The highest BCUT2D eigenvalue weighted by molar-refractivity contribution is 5.26. The number of hydrogen-bond donors (Lipinski definition) is 6. The van der Waals surface area contributed by atoms with Gasteiger partial charge in [0.15, 0.2) is 0 Å². The lowest BCUT2D eigenvalue weighted by molar-refractivity contribution is -0.413. The molecule has 0 bridgehead atoms. The van der Waals surface area contributed by atoms with Gasteiger partial charge < -0.3 is 30.4 Å². The largest absolute Gasteiger partial charge is 0.394 e. The summed E-state index contributed by atoms with van der Waals surface area (Å²) in [6.07, 6.45) is -3.21. The van der Waals surface area contributed by atoms with Crippen LogP contribution in [0.5, 0.6) is 0 Å². The van der Waals surface area contributed by atoms with Crippen LogP contribution < -0.4 is 11.2 Å². The predicted octanol–water partition coefficient (Wildman–Crippen LogP) is -0.490. The molecular weight excluding hydrogens is 477 g/mol. The first-order valence-electron chi connectivity index (χ1n) is 11.0. The van der Waals surface area contributed by atoms with E-state index in [1.54, 1.807) is 37.3 Å². The number of aliphatic hydroxyl groups is 4. The minimum Gasteiger partial charge on any atom is -0.394 e. The average Bonchev–Trinajstić information content (AvgIpc) is 3.05. The number of nitrogens with one attached hydrogen (secondary N) is 1. The molecule has 192 valence electrons. The van der Waals surface area contributed by atoms with Crippen molar-refractivity contribution < 1.29 is 34.8 Å². The van der Waals surface area contributed by atoms with Gasteiger partial charge in [-0.3, -0.25) is 9.78 Å². The number of aromatic amines is 1. The van der Waals surface area contributed by atoms with Crippen molar-refractivity contribution in [2.24, 2.45) is 0 Å². The Labute approximate surface area is 203 Å². The molecule has 0 amide bonds. The quantitative estimate of drug-likeness (QED) is 0.184. The minimum absolute atomic E-state index is 0.111. The smallest absolute Gasteiger partial charge is 0.332 e. The van der Waals surface area contributed by atoms with Crippen molar-refractivity contribution in [2.75, 3.05) is 6.61 Å². The number of ether oxygens (including phenoxy) is 1. The van der Waals surface area contributed by atoms with E-state index in [2.05, 4.69) is 0 Å². The Bertz CT molecular complexity index is 1380. The lowest BCUT2D eigenvalue weighted by atomic mass is 9.99. The first-order chi connectivity index (χ1) is 17.0. The zero-order valence-corrected chi connectivity index (χ0v) is 19.2. The Morgan fingerprint density at radius 3 is 2.36 bits per heavy atom. The van der Waals surface area contributed by atoms with E-state index >= 15 is 0 Å². The second-order valence-corrected chi connectivity index (χ2v) is 8.65. The molecule has 0 unspecified atom stereocenters. The zero-order valence-electron chi connectivity index (χ0n) is 19.2. The number of aliphatic hydroxyl groups excluding tert-OH is 2. The van der Waals surface area contributed by atoms with Gasteiger partial charge in [-0.2, -0.15) is 0 Å². The molecule has 6 N–H and O–H groups in total. The van der Waals surface area contributed by atoms with Crippen LogP contribution in [0.1, 0.15) is 22.3 Å². The van der Waals surface area contributed by atoms with Crippen LogP contribution in [-0.2, 0) is 23.6 Å². The summed E-state index contributed by atoms with van der Waals surface area (Å²) in [5, 5.41) is 54.6. The molecule has 4 rings (SSSR count). The van der Waals surface area contributed by atoms with Gasteiger partial charge >= 0.3 is 11.6 Å². The van der Waals surface area contributed by atoms with Gasteiger partial charge in [0.2, 0.25) is 5.72 Å². The molecule has 0 spiro atoms. The zero-order chi connectivity index (χ0) is 26.3. The first-order valence-corrected chi connectivity index (χ1v) is 11.0. The maximum atomic E-state index is 14.2. The fourth-order valence-electron chi connectivity index (χ4n) is 4.28. The van der Waals surface area contributed by atoms with Crippen LogP contribution in [0.15, 0.2) is 64.3 Å². The first kappa shape index (κ1) is 25.9. The van der Waals surface area contributed by atoms with Crippen molar-refractivity contribution in [3.63, 3.8) is 0 Å². The number of halogens is 1. The predicted molar refractivity (Wildman–Crippen MR) is 122 cm³/mol. The van der Waals surface area contributed by atoms with Crippen molar-refractivity contribution in [3.8, 4) is 0 Å². The molecule has 36 heavy (non-hydrogen) atoms. The highest BCUT2D eigenvalue weighted by Crippen LogP contribution is 2.43. The maximum Gasteiger partial charge on any atom is 0.332 e. The summed E-state index contributed by atoms with van der Waals surface area (Å²) in [7, 11) is 0. The van der Waals surface area contributed by atoms with Crippen molar-refractivity contribution in [1.29, 1.82) is 0 Å². The molecule has 1 aromatic heterocycles. The van der Waals surface area contributed by atoms with Gasteiger partial charge in [-0.1, -0.05) is 42.5 Å². The van der Waals surface area contributed by atoms with E-state index in [9.17, 15) is 39.6 Å². The summed E-state index contributed by atoms with van der Waals surface area (Å²) in [4.78, 5) is 27.2. The number of aryl methyl sites for hydroxylation is 1. The van der Waals surface area contributed by atoms with Gasteiger partial charge in [-0.25, -0.2) is 13.8 Å². The van der Waals surface area contributed by atoms with Gasteiger partial charge in [0.1, 0.15) is 18.0 Å². The molecule has 2 heterocycles. The number of hydrogen-bond acceptors (Lipinski definition) is 9. The van der Waals surface area contributed by atoms with E-state index in [1.807, 2.05) is 4.98 Å². The molecule has 11 nitrogen and oxygen atoms in total. The Kier molecular flexibility index (Phi) is 6.94. The van der Waals surface area contributed by atoms with Crippen LogP contribution in [0.3, 0.4) is 0 Å². The molecule has 0 radical (unpaired) electrons. The molecule has 1 aliphatic heterocycles. The molecule has 1 aliphatic rings. The van der Waals surface area contributed by atoms with Gasteiger partial charge in [0.25, 0.3) is 5.56 Å². The molecule has 4 atom stereocenters. The highest BCUT2D eigenvalue weighted by atomic mass is 19.1. The Balaban J connectivity index is 1.82. The van der Waals surface area contributed by atoms with Crippen molar-refractivity contribution in [2.45, 2.75) is 43.7 Å². The van der Waals surface area contributed by atoms with Crippen LogP contribution in [0.2, 0.25) is 0 Å². The highest BCUT2D eigenvalue weighted by Gasteiger charge is 2.70. The van der Waals surface area contributed by atoms with Crippen molar-refractivity contribution in [1.82, 2.24) is 14.6 Å². The van der Waals surface area contributed by atoms with E-state index in [0.29, 0.717) is 15.7 Å². The number of rotatable bonds is 7. The topological polar surface area (TPSA) is 168 Å². The summed E-state index contributed by atoms with van der Waals surface area (Å²) < 4.78 is 19.9. The molecule has 3 aromatic rings. The normalized spacial score (nSPS) is 26.0. The van der Waals surface area contributed by atoms with E-state index in [0.717, 1.165) is 6.20 Å². The van der Waals surface area contributed by atoms with E-state index < -0.39 is 54.1 Å². The number of nitrogens with zero attached hydrogens (tertiary/aromatic N) is 2. The second kappa shape index (κ2) is 9.67. The number of benzene rings is 2. The van der Waals surface area contributed by atoms with E-state index in [1.165, 1.54) is 18.2 Å². The molecular formula is C24H26FN3O8. The molecule has 1 saturated heterocycles. The summed E-state index contributed by atoms with van der Waals surface area (Å²) in [5.74, 6) is -3.81. The van der Waals surface area contributed by atoms with E-state index in [-0.39, 0.29) is 22.6 Å². The lowest BCUT2D eigenvalue weighted by Crippen LogP contribution is -2.68.